The lowest BCUT2D eigenvalue weighted by atomic mass is 10.3. The summed E-state index contributed by atoms with van der Waals surface area (Å²) < 4.78 is 60.2. The van der Waals surface area contributed by atoms with Gasteiger partial charge in [0.2, 0.25) is 5.88 Å². The maximum Gasteiger partial charge on any atom is 0.314 e. The highest BCUT2D eigenvalue weighted by Gasteiger charge is 2.20. The summed E-state index contributed by atoms with van der Waals surface area (Å²) in [5.74, 6) is -0.00651. The van der Waals surface area contributed by atoms with Crippen molar-refractivity contribution in [2.75, 3.05) is 9.44 Å². The van der Waals surface area contributed by atoms with Crippen LogP contribution in [0.1, 0.15) is 11.3 Å². The van der Waals surface area contributed by atoms with E-state index in [2.05, 4.69) is 24.6 Å². The Morgan fingerprint density at radius 2 is 1.36 bits per heavy atom. The van der Waals surface area contributed by atoms with Crippen LogP contribution in [0.5, 0.6) is 0 Å². The maximum absolute atomic E-state index is 12.7. The van der Waals surface area contributed by atoms with Crippen molar-refractivity contribution >= 4 is 42.7 Å². The van der Waals surface area contributed by atoms with Gasteiger partial charge in [0.1, 0.15) is 0 Å². The van der Waals surface area contributed by atoms with Gasteiger partial charge in [0.15, 0.2) is 0 Å². The second-order valence-corrected chi connectivity index (χ2v) is 10.4. The number of hydrogen-bond donors (Lipinski definition) is 4. The fourth-order valence-corrected chi connectivity index (χ4v) is 5.00. The van der Waals surface area contributed by atoms with Gasteiger partial charge in [-0.1, -0.05) is 5.16 Å². The molecule has 172 valence electrons. The molecule has 14 heteroatoms. The summed E-state index contributed by atoms with van der Waals surface area (Å²) in [6, 6.07) is 8.80. The topological polar surface area (TPSA) is 184 Å². The highest BCUT2D eigenvalue weighted by Crippen LogP contribution is 2.24. The van der Waals surface area contributed by atoms with Crippen LogP contribution < -0.4 is 20.6 Å². The van der Waals surface area contributed by atoms with Crippen LogP contribution in [0.3, 0.4) is 0 Å². The lowest BCUT2D eigenvalue weighted by molar-refractivity contribution is 0.430. The molecule has 0 saturated heterocycles. The number of rotatable bonds is 6. The van der Waals surface area contributed by atoms with Crippen molar-refractivity contribution in [2.24, 2.45) is 0 Å². The van der Waals surface area contributed by atoms with Crippen LogP contribution >= 0.6 is 0 Å². The van der Waals surface area contributed by atoms with Gasteiger partial charge in [0.25, 0.3) is 20.0 Å². The zero-order chi connectivity index (χ0) is 24.0. The van der Waals surface area contributed by atoms with Crippen molar-refractivity contribution in [1.82, 2.24) is 15.1 Å². The van der Waals surface area contributed by atoms with E-state index in [0.29, 0.717) is 11.3 Å². The highest BCUT2D eigenvalue weighted by molar-refractivity contribution is 7.93. The largest absolute Gasteiger partial charge is 0.337 e. The van der Waals surface area contributed by atoms with Crippen molar-refractivity contribution in [3.8, 4) is 0 Å². The molecule has 2 aromatic carbocycles. The van der Waals surface area contributed by atoms with Crippen molar-refractivity contribution in [2.45, 2.75) is 23.6 Å². The number of nitrogens with zero attached hydrogens (tertiary/aromatic N) is 1. The van der Waals surface area contributed by atoms with Gasteiger partial charge in [-0.2, -0.15) is 0 Å². The minimum atomic E-state index is -4.08. The molecule has 0 saturated carbocycles. The van der Waals surface area contributed by atoms with Gasteiger partial charge in [-0.05, 0) is 56.3 Å². The lowest BCUT2D eigenvalue weighted by Crippen LogP contribution is -2.29. The first-order chi connectivity index (χ1) is 15.5. The fourth-order valence-electron chi connectivity index (χ4n) is 2.87. The minimum absolute atomic E-state index is 0.00651. The number of aryl methyl sites for hydroxylation is 1. The predicted molar refractivity (Wildman–Crippen MR) is 119 cm³/mol. The Bertz CT molecular complexity index is 1700. The van der Waals surface area contributed by atoms with Gasteiger partial charge in [0.05, 0.1) is 26.5 Å². The molecule has 2 aromatic heterocycles. The number of fused-ring (bicyclic) bond motifs is 1. The number of anilines is 2. The van der Waals surface area contributed by atoms with Crippen molar-refractivity contribution in [1.29, 1.82) is 0 Å². The van der Waals surface area contributed by atoms with E-state index in [0.717, 1.165) is 0 Å². The smallest absolute Gasteiger partial charge is 0.314 e. The summed E-state index contributed by atoms with van der Waals surface area (Å²) in [5.41, 5.74) is -0.174. The summed E-state index contributed by atoms with van der Waals surface area (Å²) >= 11 is 0. The summed E-state index contributed by atoms with van der Waals surface area (Å²) in [6.45, 7) is 3.33. The van der Waals surface area contributed by atoms with Gasteiger partial charge in [0, 0.05) is 11.3 Å². The van der Waals surface area contributed by atoms with Crippen LogP contribution in [-0.4, -0.2) is 32.0 Å². The molecule has 0 spiro atoms. The van der Waals surface area contributed by atoms with Crippen molar-refractivity contribution in [3.05, 3.63) is 74.4 Å². The second-order valence-electron chi connectivity index (χ2n) is 7.07. The number of hydrogen-bond acceptors (Lipinski definition) is 8. The van der Waals surface area contributed by atoms with E-state index in [1.54, 1.807) is 13.8 Å². The SMILES string of the molecule is Cc1noc(NS(=O)(=O)c2ccc(NS(=O)(=O)c3ccc4[nH]c(=O)c(=O)[nH]c4c3)cc2)c1C. The monoisotopic (exact) mass is 491 g/mol. The van der Waals surface area contributed by atoms with Crippen LogP contribution in [0.4, 0.5) is 11.6 Å². The summed E-state index contributed by atoms with van der Waals surface area (Å²) in [6.07, 6.45) is 0. The summed E-state index contributed by atoms with van der Waals surface area (Å²) in [7, 11) is -8.07. The average molecular weight is 492 g/mol. The third kappa shape index (κ3) is 4.38. The second kappa shape index (κ2) is 7.90. The van der Waals surface area contributed by atoms with E-state index >= 15 is 0 Å². The van der Waals surface area contributed by atoms with E-state index in [9.17, 15) is 26.4 Å². The zero-order valence-corrected chi connectivity index (χ0v) is 18.8. The number of nitrogens with one attached hydrogen (secondary N) is 4. The van der Waals surface area contributed by atoms with E-state index in [1.165, 1.54) is 42.5 Å². The first-order valence-electron chi connectivity index (χ1n) is 9.31. The predicted octanol–water partition coefficient (Wildman–Crippen LogP) is 1.42. The molecule has 0 radical (unpaired) electrons. The fraction of sp³-hybridized carbons (Fsp3) is 0.105. The van der Waals surface area contributed by atoms with E-state index in [4.69, 9.17) is 4.52 Å². The Kier molecular flexibility index (Phi) is 5.33. The molecule has 2 heterocycles. The van der Waals surface area contributed by atoms with Crippen molar-refractivity contribution < 1.29 is 21.4 Å². The molecule has 0 amide bonds. The van der Waals surface area contributed by atoms with Crippen LogP contribution in [0, 0.1) is 13.8 Å². The van der Waals surface area contributed by atoms with E-state index in [-0.39, 0.29) is 32.4 Å². The molecule has 12 nitrogen and oxygen atoms in total. The van der Waals surface area contributed by atoms with Crippen LogP contribution in [-0.2, 0) is 20.0 Å². The first kappa shape index (κ1) is 22.3. The Labute approximate surface area is 186 Å². The molecular formula is C19H17N5O7S2. The average Bonchev–Trinajstić information content (AvgIpc) is 3.06. The molecule has 0 atom stereocenters. The van der Waals surface area contributed by atoms with Gasteiger partial charge in [-0.25, -0.2) is 21.6 Å². The number of sulfonamides is 2. The van der Waals surface area contributed by atoms with Gasteiger partial charge >= 0.3 is 11.1 Å². The number of aromatic amines is 2. The first-order valence-corrected chi connectivity index (χ1v) is 12.3. The molecule has 4 N–H and O–H groups in total. The molecule has 33 heavy (non-hydrogen) atoms. The summed E-state index contributed by atoms with van der Waals surface area (Å²) in [4.78, 5) is 27.2. The molecule has 4 aromatic rings. The molecule has 0 bridgehead atoms. The summed E-state index contributed by atoms with van der Waals surface area (Å²) in [5, 5.41) is 3.69. The van der Waals surface area contributed by atoms with Gasteiger partial charge < -0.3 is 14.5 Å². The molecule has 0 unspecified atom stereocenters. The molecule has 0 aliphatic carbocycles. The Morgan fingerprint density at radius 3 is 1.97 bits per heavy atom. The molecular weight excluding hydrogens is 474 g/mol. The highest BCUT2D eigenvalue weighted by atomic mass is 32.2. The Hall–Kier alpha value is -3.91. The zero-order valence-electron chi connectivity index (χ0n) is 17.2. The third-order valence-corrected chi connectivity index (χ3v) is 7.53. The lowest BCUT2D eigenvalue weighted by Gasteiger charge is -2.10. The minimum Gasteiger partial charge on any atom is -0.337 e. The van der Waals surface area contributed by atoms with Crippen LogP contribution in [0.2, 0.25) is 0 Å². The van der Waals surface area contributed by atoms with Gasteiger partial charge in [-0.3, -0.25) is 14.3 Å². The van der Waals surface area contributed by atoms with Crippen molar-refractivity contribution in [3.63, 3.8) is 0 Å². The van der Waals surface area contributed by atoms with Gasteiger partial charge in [-0.15, -0.1) is 0 Å². The standard InChI is InChI=1S/C19H17N5O7S2/c1-10-11(2)22-31-19(10)24-32(27,28)13-5-3-12(4-6-13)23-33(29,30)14-7-8-15-16(9-14)21-18(26)17(25)20-15/h3-9,23-24H,1-2H3,(H,20,25)(H,21,26). The molecule has 0 fully saturated rings. The van der Waals surface area contributed by atoms with E-state index in [1.807, 2.05) is 0 Å². The quantitative estimate of drug-likeness (QED) is 0.292. The Balaban J connectivity index is 1.57. The van der Waals surface area contributed by atoms with Crippen LogP contribution in [0.25, 0.3) is 11.0 Å². The Morgan fingerprint density at radius 1 is 0.788 bits per heavy atom. The number of benzene rings is 2. The number of H-pyrrole nitrogens is 2. The third-order valence-electron chi connectivity index (χ3n) is 4.81. The van der Waals surface area contributed by atoms with E-state index < -0.39 is 31.2 Å². The van der Waals surface area contributed by atoms with Crippen LogP contribution in [0.15, 0.2) is 66.4 Å². The molecule has 0 aliphatic heterocycles. The molecule has 4 rings (SSSR count). The number of aromatic nitrogens is 3. The maximum atomic E-state index is 12.7. The molecule has 0 aliphatic rings. The normalized spacial score (nSPS) is 12.1.